The van der Waals surface area contributed by atoms with Gasteiger partial charge in [0.05, 0.1) is 13.2 Å². The van der Waals surface area contributed by atoms with E-state index in [4.69, 9.17) is 4.74 Å². The average Bonchev–Trinajstić information content (AvgIpc) is 3.28. The molecule has 3 heterocycles. The fourth-order valence-corrected chi connectivity index (χ4v) is 4.01. The molecule has 1 aliphatic rings. The number of benzene rings is 2. The van der Waals surface area contributed by atoms with Gasteiger partial charge in [0.2, 0.25) is 0 Å². The molecular weight excluding hydrogens is 334 g/mol. The Bertz CT molecular complexity index is 1130. The summed E-state index contributed by atoms with van der Waals surface area (Å²) in [4.78, 5) is 4.69. The number of hydrogen-bond donors (Lipinski definition) is 1. The molecule has 1 aliphatic heterocycles. The number of hydrogen-bond acceptors (Lipinski definition) is 3. The van der Waals surface area contributed by atoms with E-state index in [1.54, 1.807) is 7.11 Å². The Balaban J connectivity index is 1.52. The highest BCUT2D eigenvalue weighted by Crippen LogP contribution is 2.38. The number of methoxy groups -OCH3 is 1. The number of aryl methyl sites for hydroxylation is 1. The first kappa shape index (κ1) is 15.9. The predicted molar refractivity (Wildman–Crippen MR) is 109 cm³/mol. The maximum absolute atomic E-state index is 5.43. The van der Waals surface area contributed by atoms with E-state index in [1.165, 1.54) is 27.6 Å². The third kappa shape index (κ3) is 2.65. The summed E-state index contributed by atoms with van der Waals surface area (Å²) in [5.41, 5.74) is 6.12. The lowest BCUT2D eigenvalue weighted by Gasteiger charge is -2.10. The zero-order valence-corrected chi connectivity index (χ0v) is 15.4. The summed E-state index contributed by atoms with van der Waals surface area (Å²) < 4.78 is 7.61. The highest BCUT2D eigenvalue weighted by molar-refractivity contribution is 5.86. The van der Waals surface area contributed by atoms with Gasteiger partial charge in [0, 0.05) is 47.9 Å². The molecule has 4 nitrogen and oxygen atoms in total. The minimum absolute atomic E-state index is 0.217. The maximum atomic E-state index is 5.43. The van der Waals surface area contributed by atoms with Gasteiger partial charge in [-0.25, -0.2) is 4.98 Å². The Morgan fingerprint density at radius 1 is 1.07 bits per heavy atom. The molecule has 1 N–H and O–H groups in total. The highest BCUT2D eigenvalue weighted by atomic mass is 16.5. The van der Waals surface area contributed by atoms with Crippen LogP contribution in [0.25, 0.3) is 22.0 Å². The zero-order chi connectivity index (χ0) is 18.4. The van der Waals surface area contributed by atoms with Crippen LogP contribution in [-0.2, 0) is 13.5 Å². The van der Waals surface area contributed by atoms with Crippen molar-refractivity contribution in [1.29, 1.82) is 0 Å². The third-order valence-electron chi connectivity index (χ3n) is 5.41. The van der Waals surface area contributed by atoms with Gasteiger partial charge in [0.25, 0.3) is 0 Å². The molecule has 2 aromatic carbocycles. The number of aromatic nitrogens is 2. The van der Waals surface area contributed by atoms with Gasteiger partial charge in [0.1, 0.15) is 11.6 Å². The van der Waals surface area contributed by atoms with Crippen LogP contribution in [0.15, 0.2) is 67.0 Å². The van der Waals surface area contributed by atoms with Crippen molar-refractivity contribution in [1.82, 2.24) is 9.55 Å². The van der Waals surface area contributed by atoms with Crippen molar-refractivity contribution in [2.45, 2.75) is 12.5 Å². The molecule has 4 aromatic rings. The number of ether oxygens (including phenoxy) is 1. The molecule has 1 unspecified atom stereocenters. The molecule has 4 heteroatoms. The van der Waals surface area contributed by atoms with Crippen LogP contribution < -0.4 is 10.1 Å². The number of pyridine rings is 1. The lowest BCUT2D eigenvalue weighted by atomic mass is 10.0. The molecule has 0 spiro atoms. The number of anilines is 1. The quantitative estimate of drug-likeness (QED) is 0.565. The predicted octanol–water partition coefficient (Wildman–Crippen LogP) is 4.96. The highest BCUT2D eigenvalue weighted by Gasteiger charge is 2.26. The largest absolute Gasteiger partial charge is 0.497 e. The zero-order valence-electron chi connectivity index (χ0n) is 15.4. The van der Waals surface area contributed by atoms with E-state index in [1.807, 2.05) is 18.3 Å². The summed E-state index contributed by atoms with van der Waals surface area (Å²) in [5.74, 6) is 1.87. The third-order valence-corrected chi connectivity index (χ3v) is 5.41. The van der Waals surface area contributed by atoms with E-state index < -0.39 is 0 Å². The van der Waals surface area contributed by atoms with Crippen molar-refractivity contribution in [3.8, 4) is 16.9 Å². The van der Waals surface area contributed by atoms with Gasteiger partial charge < -0.3 is 14.6 Å². The lowest BCUT2D eigenvalue weighted by Crippen LogP contribution is -2.05. The Hall–Kier alpha value is -3.27. The van der Waals surface area contributed by atoms with Gasteiger partial charge >= 0.3 is 0 Å². The fraction of sp³-hybridized carbons (Fsp3) is 0.174. The molecule has 0 aliphatic carbocycles. The smallest absolute Gasteiger partial charge is 0.129 e. The van der Waals surface area contributed by atoms with Crippen LogP contribution >= 0.6 is 0 Å². The van der Waals surface area contributed by atoms with Crippen LogP contribution in [0.1, 0.15) is 17.2 Å². The SMILES string of the molecule is COc1ccc2c(c1)c(C1Cc3cc(-c4ccccc4)cnc3N1)cn2C. The molecule has 0 radical (unpaired) electrons. The van der Waals surface area contributed by atoms with E-state index in [9.17, 15) is 0 Å². The topological polar surface area (TPSA) is 39.1 Å². The van der Waals surface area contributed by atoms with Crippen LogP contribution in [0.3, 0.4) is 0 Å². The summed E-state index contributed by atoms with van der Waals surface area (Å²) in [6.45, 7) is 0. The van der Waals surface area contributed by atoms with Crippen LogP contribution in [0.2, 0.25) is 0 Å². The Labute approximate surface area is 158 Å². The van der Waals surface area contributed by atoms with Crippen molar-refractivity contribution < 1.29 is 4.74 Å². The molecule has 27 heavy (non-hydrogen) atoms. The van der Waals surface area contributed by atoms with Gasteiger partial charge in [-0.2, -0.15) is 0 Å². The standard InChI is InChI=1S/C23H21N3O/c1-26-14-20(19-12-18(27-2)8-9-22(19)26)21-11-16-10-17(13-24-23(16)25-21)15-6-4-3-5-7-15/h3-10,12-14,21H,11H2,1-2H3,(H,24,25). The lowest BCUT2D eigenvalue weighted by molar-refractivity contribution is 0.415. The molecule has 0 saturated heterocycles. The van der Waals surface area contributed by atoms with Gasteiger partial charge in [-0.15, -0.1) is 0 Å². The van der Waals surface area contributed by atoms with Crippen LogP contribution in [-0.4, -0.2) is 16.7 Å². The molecule has 0 amide bonds. The Morgan fingerprint density at radius 2 is 1.93 bits per heavy atom. The summed E-state index contributed by atoms with van der Waals surface area (Å²) >= 11 is 0. The molecule has 0 saturated carbocycles. The number of nitrogens with one attached hydrogen (secondary N) is 1. The Kier molecular flexibility index (Phi) is 3.64. The van der Waals surface area contributed by atoms with Gasteiger partial charge in [0.15, 0.2) is 0 Å². The molecular formula is C23H21N3O. The second-order valence-electron chi connectivity index (χ2n) is 7.08. The molecule has 5 rings (SSSR count). The first-order valence-corrected chi connectivity index (χ1v) is 9.17. The molecule has 134 valence electrons. The summed E-state index contributed by atoms with van der Waals surface area (Å²) in [6.07, 6.45) is 5.10. The van der Waals surface area contributed by atoms with Gasteiger partial charge in [-0.3, -0.25) is 0 Å². The molecule has 0 fully saturated rings. The second kappa shape index (κ2) is 6.16. The summed E-state index contributed by atoms with van der Waals surface area (Å²) in [6, 6.07) is 19.1. The van der Waals surface area contributed by atoms with Crippen LogP contribution in [0.4, 0.5) is 5.82 Å². The second-order valence-corrected chi connectivity index (χ2v) is 7.08. The van der Waals surface area contributed by atoms with E-state index in [0.29, 0.717) is 0 Å². The van der Waals surface area contributed by atoms with Crippen molar-refractivity contribution in [2.24, 2.45) is 7.05 Å². The van der Waals surface area contributed by atoms with Crippen LogP contribution in [0.5, 0.6) is 5.75 Å². The van der Waals surface area contributed by atoms with Gasteiger partial charge in [-0.1, -0.05) is 30.3 Å². The number of fused-ring (bicyclic) bond motifs is 2. The monoisotopic (exact) mass is 355 g/mol. The van der Waals surface area contributed by atoms with Gasteiger partial charge in [-0.05, 0) is 35.4 Å². The summed E-state index contributed by atoms with van der Waals surface area (Å²) in [5, 5.41) is 4.83. The van der Waals surface area contributed by atoms with Crippen molar-refractivity contribution in [3.63, 3.8) is 0 Å². The van der Waals surface area contributed by atoms with Crippen molar-refractivity contribution in [3.05, 3.63) is 78.1 Å². The minimum Gasteiger partial charge on any atom is -0.497 e. The summed E-state index contributed by atoms with van der Waals surface area (Å²) in [7, 11) is 3.80. The molecule has 0 bridgehead atoms. The molecule has 2 aromatic heterocycles. The first-order chi connectivity index (χ1) is 13.2. The van der Waals surface area contributed by atoms with Crippen LogP contribution in [0, 0.1) is 0 Å². The number of rotatable bonds is 3. The van der Waals surface area contributed by atoms with E-state index in [-0.39, 0.29) is 6.04 Å². The average molecular weight is 355 g/mol. The fourth-order valence-electron chi connectivity index (χ4n) is 4.01. The maximum Gasteiger partial charge on any atom is 0.129 e. The van der Waals surface area contributed by atoms with Crippen molar-refractivity contribution >= 4 is 16.7 Å². The molecule has 1 atom stereocenters. The van der Waals surface area contributed by atoms with Crippen molar-refractivity contribution in [2.75, 3.05) is 12.4 Å². The normalized spacial score (nSPS) is 15.6. The Morgan fingerprint density at radius 3 is 2.74 bits per heavy atom. The minimum atomic E-state index is 0.217. The first-order valence-electron chi connectivity index (χ1n) is 9.17. The van der Waals surface area contributed by atoms with E-state index in [2.05, 4.69) is 70.6 Å². The van der Waals surface area contributed by atoms with E-state index >= 15 is 0 Å². The number of nitrogens with zero attached hydrogens (tertiary/aromatic N) is 2. The van der Waals surface area contributed by atoms with E-state index in [0.717, 1.165) is 23.6 Å².